The maximum absolute atomic E-state index is 6.04. The van der Waals surface area contributed by atoms with Crippen LogP contribution in [0.25, 0.3) is 0 Å². The number of anilines is 2. The second-order valence-electron chi connectivity index (χ2n) is 18.8. The molecule has 0 aliphatic carbocycles. The molecule has 4 N–H and O–H groups in total. The normalized spacial score (nSPS) is 12.5. The molecule has 0 saturated carbocycles. The van der Waals surface area contributed by atoms with Crippen molar-refractivity contribution in [1.29, 1.82) is 0 Å². The molecular formula is C59H90N2. The van der Waals surface area contributed by atoms with E-state index in [0.717, 1.165) is 11.4 Å². The number of hydrogen-bond donors (Lipinski definition) is 2. The Hall–Kier alpha value is -3.52. The number of nitrogens with two attached hydrogens (primary N) is 2. The fourth-order valence-corrected chi connectivity index (χ4v) is 9.56. The number of hydrogen-bond acceptors (Lipinski definition) is 2. The summed E-state index contributed by atoms with van der Waals surface area (Å²) in [6.07, 6.45) is 41.9. The summed E-state index contributed by atoms with van der Waals surface area (Å²) in [4.78, 5) is 0. The zero-order chi connectivity index (χ0) is 43.0. The lowest BCUT2D eigenvalue weighted by Gasteiger charge is -2.19. The Morgan fingerprint density at radius 3 is 0.787 bits per heavy atom. The van der Waals surface area contributed by atoms with Crippen molar-refractivity contribution in [2.45, 2.75) is 225 Å². The third kappa shape index (κ3) is 21.4. The molecule has 61 heavy (non-hydrogen) atoms. The van der Waals surface area contributed by atoms with Crippen LogP contribution in [-0.2, 0) is 12.8 Å². The van der Waals surface area contributed by atoms with Crippen LogP contribution in [0, 0.1) is 0 Å². The second kappa shape index (κ2) is 32.2. The van der Waals surface area contributed by atoms with Crippen molar-refractivity contribution in [2.75, 3.05) is 11.5 Å². The van der Waals surface area contributed by atoms with Crippen molar-refractivity contribution in [3.8, 4) is 0 Å². The van der Waals surface area contributed by atoms with Crippen LogP contribution in [0.4, 0.5) is 11.4 Å². The van der Waals surface area contributed by atoms with Gasteiger partial charge in [0.25, 0.3) is 0 Å². The number of nitrogen functional groups attached to an aromatic ring is 2. The van der Waals surface area contributed by atoms with Gasteiger partial charge < -0.3 is 11.5 Å². The van der Waals surface area contributed by atoms with Crippen molar-refractivity contribution in [3.63, 3.8) is 0 Å². The van der Waals surface area contributed by atoms with Gasteiger partial charge in [0.1, 0.15) is 0 Å². The quantitative estimate of drug-likeness (QED) is 0.0354. The average molecular weight is 827 g/mol. The molecule has 0 aliphatic rings. The molecule has 4 rings (SSSR count). The van der Waals surface area contributed by atoms with Crippen LogP contribution in [0.5, 0.6) is 0 Å². The lowest BCUT2D eigenvalue weighted by atomic mass is 9.86. The van der Waals surface area contributed by atoms with E-state index in [1.807, 2.05) is 0 Å². The maximum Gasteiger partial charge on any atom is 0.0314 e. The van der Waals surface area contributed by atoms with E-state index >= 15 is 0 Å². The van der Waals surface area contributed by atoms with Gasteiger partial charge in [-0.15, -0.1) is 0 Å². The number of benzene rings is 4. The van der Waals surface area contributed by atoms with Crippen molar-refractivity contribution < 1.29 is 0 Å². The van der Waals surface area contributed by atoms with Gasteiger partial charge in [-0.2, -0.15) is 0 Å². The van der Waals surface area contributed by atoms with Crippen LogP contribution in [0.15, 0.2) is 97.1 Å². The zero-order valence-corrected chi connectivity index (χ0v) is 39.5. The third-order valence-electron chi connectivity index (χ3n) is 13.6. The van der Waals surface area contributed by atoms with E-state index in [1.165, 1.54) is 232 Å². The second-order valence-corrected chi connectivity index (χ2v) is 18.8. The van der Waals surface area contributed by atoms with E-state index in [1.54, 1.807) is 0 Å². The highest BCUT2D eigenvalue weighted by atomic mass is 14.5. The highest BCUT2D eigenvalue weighted by Gasteiger charge is 2.16. The lowest BCUT2D eigenvalue weighted by Crippen LogP contribution is -2.02. The summed E-state index contributed by atoms with van der Waals surface area (Å²) in [6, 6.07) is 36.5. The van der Waals surface area contributed by atoms with Gasteiger partial charge in [-0.1, -0.05) is 247 Å². The molecule has 2 atom stereocenters. The molecule has 0 aromatic heterocycles. The molecule has 0 saturated heterocycles. The average Bonchev–Trinajstić information content (AvgIpc) is 3.28. The minimum absolute atomic E-state index is 0.468. The minimum atomic E-state index is 0.468. The molecule has 0 bridgehead atoms. The fraction of sp³-hybridized carbons (Fsp3) is 0.593. The molecule has 0 amide bonds. The first-order valence-electron chi connectivity index (χ1n) is 26.0. The monoisotopic (exact) mass is 827 g/mol. The van der Waals surface area contributed by atoms with E-state index in [-0.39, 0.29) is 0 Å². The Bertz CT molecular complexity index is 1480. The predicted octanol–water partition coefficient (Wildman–Crippen LogP) is 18.3. The lowest BCUT2D eigenvalue weighted by molar-refractivity contribution is 0.536. The molecule has 2 heteroatoms. The SMILES string of the molecule is CCCCCCCCCC(c1ccc(N)cc1)c1ccc(CCCCCCCCCCCCCCCc2ccc(C(CCCCCCCCC)c3ccc(N)cc3)cc2)cc1. The van der Waals surface area contributed by atoms with Crippen LogP contribution >= 0.6 is 0 Å². The van der Waals surface area contributed by atoms with Crippen molar-refractivity contribution in [2.24, 2.45) is 0 Å². The van der Waals surface area contributed by atoms with Gasteiger partial charge in [0, 0.05) is 23.2 Å². The summed E-state index contributed by atoms with van der Waals surface area (Å²) in [7, 11) is 0. The standard InChI is InChI=1S/C59H90N2/c1-3-5-7-9-18-24-28-32-58(54-42-46-56(60)47-43-54)52-38-34-50(35-39-52)30-26-22-20-16-14-12-11-13-15-17-21-23-27-31-51-36-40-53(41-37-51)59(55-44-48-57(61)49-45-55)33-29-25-19-10-8-6-4-2/h34-49,58-59H,3-33,60-61H2,1-2H3. The molecule has 336 valence electrons. The molecule has 4 aromatic rings. The van der Waals surface area contributed by atoms with E-state index in [9.17, 15) is 0 Å². The Balaban J connectivity index is 1.00. The first-order valence-corrected chi connectivity index (χ1v) is 26.0. The topological polar surface area (TPSA) is 52.0 Å². The van der Waals surface area contributed by atoms with Crippen LogP contribution < -0.4 is 11.5 Å². The smallest absolute Gasteiger partial charge is 0.0314 e. The van der Waals surface area contributed by atoms with Gasteiger partial charge in [0.05, 0.1) is 0 Å². The number of rotatable bonds is 36. The molecule has 4 aromatic carbocycles. The maximum atomic E-state index is 6.04. The van der Waals surface area contributed by atoms with Crippen LogP contribution in [0.1, 0.15) is 245 Å². The molecule has 0 aliphatic heterocycles. The molecular weight excluding hydrogens is 737 g/mol. The molecule has 0 radical (unpaired) electrons. The Morgan fingerprint density at radius 2 is 0.508 bits per heavy atom. The van der Waals surface area contributed by atoms with Gasteiger partial charge in [0.2, 0.25) is 0 Å². The fourth-order valence-electron chi connectivity index (χ4n) is 9.56. The van der Waals surface area contributed by atoms with E-state index in [2.05, 4.69) is 111 Å². The molecule has 0 heterocycles. The van der Waals surface area contributed by atoms with Crippen molar-refractivity contribution in [3.05, 3.63) is 130 Å². The van der Waals surface area contributed by atoms with Gasteiger partial charge in [-0.05, 0) is 96.2 Å². The third-order valence-corrected chi connectivity index (χ3v) is 13.6. The summed E-state index contributed by atoms with van der Waals surface area (Å²) in [5.74, 6) is 0.936. The van der Waals surface area contributed by atoms with Crippen LogP contribution in [0.2, 0.25) is 0 Å². The molecule has 2 nitrogen and oxygen atoms in total. The Kier molecular flexibility index (Phi) is 26.5. The zero-order valence-electron chi connectivity index (χ0n) is 39.5. The minimum Gasteiger partial charge on any atom is -0.399 e. The number of aryl methyl sites for hydroxylation is 2. The first kappa shape index (κ1) is 50.1. The van der Waals surface area contributed by atoms with Crippen molar-refractivity contribution >= 4 is 11.4 Å². The highest BCUT2D eigenvalue weighted by Crippen LogP contribution is 2.33. The predicted molar refractivity (Wildman–Crippen MR) is 271 cm³/mol. The molecule has 0 spiro atoms. The number of unbranched alkanes of at least 4 members (excludes halogenated alkanes) is 24. The van der Waals surface area contributed by atoms with E-state index in [4.69, 9.17) is 11.5 Å². The van der Waals surface area contributed by atoms with Crippen LogP contribution in [-0.4, -0.2) is 0 Å². The highest BCUT2D eigenvalue weighted by molar-refractivity contribution is 5.44. The van der Waals surface area contributed by atoms with Gasteiger partial charge in [-0.25, -0.2) is 0 Å². The Morgan fingerprint density at radius 1 is 0.279 bits per heavy atom. The van der Waals surface area contributed by atoms with Gasteiger partial charge in [0.15, 0.2) is 0 Å². The summed E-state index contributed by atoms with van der Waals surface area (Å²) in [5.41, 5.74) is 22.5. The van der Waals surface area contributed by atoms with Crippen LogP contribution in [0.3, 0.4) is 0 Å². The van der Waals surface area contributed by atoms with Gasteiger partial charge in [-0.3, -0.25) is 0 Å². The van der Waals surface area contributed by atoms with E-state index in [0.29, 0.717) is 11.8 Å². The summed E-state index contributed by atoms with van der Waals surface area (Å²) >= 11 is 0. The summed E-state index contributed by atoms with van der Waals surface area (Å²) in [5, 5.41) is 0. The summed E-state index contributed by atoms with van der Waals surface area (Å²) < 4.78 is 0. The van der Waals surface area contributed by atoms with Gasteiger partial charge >= 0.3 is 0 Å². The molecule has 0 fully saturated rings. The molecule has 2 unspecified atom stereocenters. The van der Waals surface area contributed by atoms with Crippen molar-refractivity contribution in [1.82, 2.24) is 0 Å². The Labute approximate surface area is 376 Å². The largest absolute Gasteiger partial charge is 0.399 e. The summed E-state index contributed by atoms with van der Waals surface area (Å²) in [6.45, 7) is 4.59. The first-order chi connectivity index (χ1) is 30.1. The van der Waals surface area contributed by atoms with E-state index < -0.39 is 0 Å².